The summed E-state index contributed by atoms with van der Waals surface area (Å²) >= 11 is 0. The first-order valence-electron chi connectivity index (χ1n) is 8.79. The molecule has 27 heavy (non-hydrogen) atoms. The van der Waals surface area contributed by atoms with E-state index >= 15 is 0 Å². The lowest BCUT2D eigenvalue weighted by atomic mass is 9.78. The maximum absolute atomic E-state index is 12.3. The molecule has 1 saturated heterocycles. The van der Waals surface area contributed by atoms with Gasteiger partial charge < -0.3 is 4.74 Å². The first kappa shape index (κ1) is 16.9. The standard InChI is InChI=1S/C23H18N2O2/c24-17-23(15-22(26)25(23)20-9-5-2-6-10-20)19-11-13-21(14-12-19)27-16-18-7-3-1-4-8-18/h1-14H,15-16H2. The maximum atomic E-state index is 12.3. The van der Waals surface area contributed by atoms with E-state index in [1.165, 1.54) is 0 Å². The summed E-state index contributed by atoms with van der Waals surface area (Å²) in [6.07, 6.45) is 0.183. The average molecular weight is 354 g/mol. The lowest BCUT2D eigenvalue weighted by Crippen LogP contribution is -2.61. The van der Waals surface area contributed by atoms with Crippen LogP contribution in [-0.4, -0.2) is 5.91 Å². The van der Waals surface area contributed by atoms with Crippen LogP contribution in [0.4, 0.5) is 5.69 Å². The summed E-state index contributed by atoms with van der Waals surface area (Å²) in [5.74, 6) is 0.680. The van der Waals surface area contributed by atoms with Crippen molar-refractivity contribution in [3.8, 4) is 11.8 Å². The quantitative estimate of drug-likeness (QED) is 0.637. The number of hydrogen-bond donors (Lipinski definition) is 0. The number of β-lactam (4-membered cyclic amide) rings is 1. The number of carbonyl (C=O) groups is 1. The van der Waals surface area contributed by atoms with Gasteiger partial charge in [0.2, 0.25) is 5.91 Å². The average Bonchev–Trinajstić information content (AvgIpc) is 2.72. The number of carbonyl (C=O) groups excluding carboxylic acids is 1. The molecule has 1 heterocycles. The molecule has 0 N–H and O–H groups in total. The van der Waals surface area contributed by atoms with E-state index in [0.29, 0.717) is 6.61 Å². The number of ether oxygens (including phenoxy) is 1. The second-order valence-corrected chi connectivity index (χ2v) is 6.51. The fraction of sp³-hybridized carbons (Fsp3) is 0.130. The van der Waals surface area contributed by atoms with Crippen LogP contribution < -0.4 is 9.64 Å². The van der Waals surface area contributed by atoms with Crippen LogP contribution in [0.3, 0.4) is 0 Å². The van der Waals surface area contributed by atoms with E-state index in [0.717, 1.165) is 22.6 Å². The highest BCUT2D eigenvalue weighted by atomic mass is 16.5. The molecule has 1 aliphatic heterocycles. The Morgan fingerprint density at radius 3 is 2.15 bits per heavy atom. The predicted octanol–water partition coefficient (Wildman–Crippen LogP) is 4.42. The highest BCUT2D eigenvalue weighted by Gasteiger charge is 2.53. The van der Waals surface area contributed by atoms with E-state index in [9.17, 15) is 10.1 Å². The fourth-order valence-electron chi connectivity index (χ4n) is 3.39. The number of para-hydroxylation sites is 1. The van der Waals surface area contributed by atoms with E-state index < -0.39 is 5.54 Å². The van der Waals surface area contributed by atoms with Crippen LogP contribution in [0.2, 0.25) is 0 Å². The lowest BCUT2D eigenvalue weighted by Gasteiger charge is -2.47. The van der Waals surface area contributed by atoms with E-state index in [1.54, 1.807) is 4.90 Å². The van der Waals surface area contributed by atoms with Crippen LogP contribution >= 0.6 is 0 Å². The van der Waals surface area contributed by atoms with Crippen LogP contribution in [-0.2, 0) is 16.9 Å². The Kier molecular flexibility index (Phi) is 4.35. The maximum Gasteiger partial charge on any atom is 0.232 e. The van der Waals surface area contributed by atoms with Gasteiger partial charge in [-0.05, 0) is 35.4 Å². The van der Waals surface area contributed by atoms with Gasteiger partial charge in [0, 0.05) is 5.69 Å². The van der Waals surface area contributed by atoms with Gasteiger partial charge >= 0.3 is 0 Å². The second-order valence-electron chi connectivity index (χ2n) is 6.51. The summed E-state index contributed by atoms with van der Waals surface area (Å²) in [6, 6.07) is 29.0. The van der Waals surface area contributed by atoms with E-state index in [2.05, 4.69) is 6.07 Å². The number of anilines is 1. The first-order chi connectivity index (χ1) is 13.2. The molecule has 1 atom stereocenters. The number of benzene rings is 3. The molecule has 132 valence electrons. The molecule has 1 aliphatic rings. The van der Waals surface area contributed by atoms with Crippen molar-refractivity contribution in [2.24, 2.45) is 0 Å². The minimum absolute atomic E-state index is 0.0489. The topological polar surface area (TPSA) is 53.3 Å². The molecule has 0 aromatic heterocycles. The smallest absolute Gasteiger partial charge is 0.232 e. The highest BCUT2D eigenvalue weighted by molar-refractivity contribution is 6.04. The van der Waals surface area contributed by atoms with Gasteiger partial charge in [-0.15, -0.1) is 0 Å². The molecule has 1 unspecified atom stereocenters. The van der Waals surface area contributed by atoms with Gasteiger partial charge in [-0.1, -0.05) is 60.7 Å². The zero-order valence-corrected chi connectivity index (χ0v) is 14.7. The molecule has 0 saturated carbocycles. The lowest BCUT2D eigenvalue weighted by molar-refractivity contribution is -0.126. The number of amides is 1. The molecular formula is C23H18N2O2. The summed E-state index contributed by atoms with van der Waals surface area (Å²) in [5.41, 5.74) is 1.66. The van der Waals surface area contributed by atoms with E-state index in [-0.39, 0.29) is 12.3 Å². The molecule has 0 spiro atoms. The van der Waals surface area contributed by atoms with Crippen molar-refractivity contribution in [3.63, 3.8) is 0 Å². The van der Waals surface area contributed by atoms with Crippen molar-refractivity contribution in [1.82, 2.24) is 0 Å². The van der Waals surface area contributed by atoms with Crippen molar-refractivity contribution in [1.29, 1.82) is 5.26 Å². The van der Waals surface area contributed by atoms with Crippen LogP contribution in [0, 0.1) is 11.3 Å². The molecule has 1 fully saturated rings. The number of nitriles is 1. The molecule has 4 rings (SSSR count). The van der Waals surface area contributed by atoms with Crippen molar-refractivity contribution in [3.05, 3.63) is 96.1 Å². The SMILES string of the molecule is N#CC1(c2ccc(OCc3ccccc3)cc2)CC(=O)N1c1ccccc1. The molecule has 0 aliphatic carbocycles. The third-order valence-electron chi connectivity index (χ3n) is 4.82. The van der Waals surface area contributed by atoms with Gasteiger partial charge in [-0.2, -0.15) is 5.26 Å². The minimum Gasteiger partial charge on any atom is -0.489 e. The van der Waals surface area contributed by atoms with Gasteiger partial charge in [0.15, 0.2) is 5.54 Å². The summed E-state index contributed by atoms with van der Waals surface area (Å²) in [5, 5.41) is 9.89. The predicted molar refractivity (Wildman–Crippen MR) is 103 cm³/mol. The van der Waals surface area contributed by atoms with Gasteiger partial charge in [0.05, 0.1) is 12.5 Å². The Labute approximate surface area is 158 Å². The van der Waals surface area contributed by atoms with Crippen LogP contribution in [0.15, 0.2) is 84.9 Å². The second kappa shape index (κ2) is 6.97. The molecule has 0 bridgehead atoms. The fourth-order valence-corrected chi connectivity index (χ4v) is 3.39. The molecule has 1 amide bonds. The highest BCUT2D eigenvalue weighted by Crippen LogP contribution is 2.44. The number of rotatable bonds is 5. The van der Waals surface area contributed by atoms with Gasteiger partial charge in [-0.3, -0.25) is 9.69 Å². The first-order valence-corrected chi connectivity index (χ1v) is 8.79. The third kappa shape index (κ3) is 3.04. The normalized spacial score (nSPS) is 18.5. The van der Waals surface area contributed by atoms with Gasteiger partial charge in [0.25, 0.3) is 0 Å². The Morgan fingerprint density at radius 2 is 1.56 bits per heavy atom. The summed E-state index contributed by atoms with van der Waals surface area (Å²) in [7, 11) is 0. The molecular weight excluding hydrogens is 336 g/mol. The Morgan fingerprint density at radius 1 is 0.926 bits per heavy atom. The van der Waals surface area contributed by atoms with Crippen LogP contribution in [0.5, 0.6) is 5.75 Å². The molecule has 0 radical (unpaired) electrons. The Bertz CT molecular complexity index is 978. The summed E-state index contributed by atoms with van der Waals surface area (Å²) in [6.45, 7) is 0.484. The van der Waals surface area contributed by atoms with Crippen molar-refractivity contribution >= 4 is 11.6 Å². The Hall–Kier alpha value is -3.58. The van der Waals surface area contributed by atoms with E-state index in [4.69, 9.17) is 4.74 Å². The van der Waals surface area contributed by atoms with E-state index in [1.807, 2.05) is 84.9 Å². The molecule has 3 aromatic rings. The van der Waals surface area contributed by atoms with Crippen molar-refractivity contribution in [2.75, 3.05) is 4.90 Å². The van der Waals surface area contributed by atoms with Gasteiger partial charge in [0.1, 0.15) is 12.4 Å². The monoisotopic (exact) mass is 354 g/mol. The number of nitrogens with zero attached hydrogens (tertiary/aromatic N) is 2. The molecule has 4 heteroatoms. The Balaban J connectivity index is 1.55. The summed E-state index contributed by atoms with van der Waals surface area (Å²) < 4.78 is 5.81. The largest absolute Gasteiger partial charge is 0.489 e. The molecule has 4 nitrogen and oxygen atoms in total. The minimum atomic E-state index is -0.962. The van der Waals surface area contributed by atoms with Crippen molar-refractivity contribution in [2.45, 2.75) is 18.6 Å². The zero-order valence-electron chi connectivity index (χ0n) is 14.7. The summed E-state index contributed by atoms with van der Waals surface area (Å²) in [4.78, 5) is 13.8. The zero-order chi connectivity index (χ0) is 18.7. The van der Waals surface area contributed by atoms with Crippen LogP contribution in [0.1, 0.15) is 17.5 Å². The third-order valence-corrected chi connectivity index (χ3v) is 4.82. The van der Waals surface area contributed by atoms with Crippen molar-refractivity contribution < 1.29 is 9.53 Å². The van der Waals surface area contributed by atoms with Gasteiger partial charge in [-0.25, -0.2) is 0 Å². The molecule has 3 aromatic carbocycles. The van der Waals surface area contributed by atoms with Crippen LogP contribution in [0.25, 0.3) is 0 Å². The number of hydrogen-bond acceptors (Lipinski definition) is 3.